The molecule has 0 saturated heterocycles. The molecule has 0 aliphatic heterocycles. The van der Waals surface area contributed by atoms with Crippen molar-refractivity contribution in [2.24, 2.45) is 0 Å². The van der Waals surface area contributed by atoms with Crippen LogP contribution >= 0.6 is 0 Å². The van der Waals surface area contributed by atoms with Crippen molar-refractivity contribution in [2.75, 3.05) is 31.4 Å². The Morgan fingerprint density at radius 2 is 1.97 bits per heavy atom. The summed E-state index contributed by atoms with van der Waals surface area (Å²) in [6, 6.07) is 13.7. The van der Waals surface area contributed by atoms with Gasteiger partial charge < -0.3 is 25.1 Å². The zero-order valence-electron chi connectivity index (χ0n) is 16.3. The molecule has 148 valence electrons. The molecule has 0 saturated carbocycles. The zero-order valence-corrected chi connectivity index (χ0v) is 16.3. The minimum absolute atomic E-state index is 0.380. The summed E-state index contributed by atoms with van der Waals surface area (Å²) in [6.45, 7) is 0.728. The minimum Gasteiger partial charge on any atom is -0.497 e. The number of nitrogens with one attached hydrogen (secondary N) is 3. The van der Waals surface area contributed by atoms with Gasteiger partial charge in [-0.15, -0.1) is 5.10 Å². The summed E-state index contributed by atoms with van der Waals surface area (Å²) in [5.41, 5.74) is 3.13. The summed E-state index contributed by atoms with van der Waals surface area (Å²) in [5, 5.41) is 15.7. The predicted octanol–water partition coefficient (Wildman–Crippen LogP) is 3.77. The topological polar surface area (TPSA) is 97.0 Å². The molecule has 3 N–H and O–H groups in total. The average molecular weight is 390 g/mol. The van der Waals surface area contributed by atoms with Crippen LogP contribution in [0, 0.1) is 0 Å². The predicted molar refractivity (Wildman–Crippen MR) is 113 cm³/mol. The van der Waals surface area contributed by atoms with Gasteiger partial charge in [0, 0.05) is 29.7 Å². The average Bonchev–Trinajstić information content (AvgIpc) is 3.17. The number of hydrogen-bond acceptors (Lipinski definition) is 7. The van der Waals surface area contributed by atoms with Gasteiger partial charge in [-0.05, 0) is 30.2 Å². The monoisotopic (exact) mass is 390 g/mol. The van der Waals surface area contributed by atoms with Crippen molar-refractivity contribution in [1.82, 2.24) is 20.2 Å². The molecular formula is C21H22N6O2. The maximum absolute atomic E-state index is 5.39. The summed E-state index contributed by atoms with van der Waals surface area (Å²) in [4.78, 5) is 7.77. The third-order valence-corrected chi connectivity index (χ3v) is 4.59. The van der Waals surface area contributed by atoms with E-state index < -0.39 is 0 Å². The fraction of sp³-hybridized carbons (Fsp3) is 0.190. The number of fused-ring (bicyclic) bond motifs is 1. The number of para-hydroxylation sites is 1. The van der Waals surface area contributed by atoms with Crippen molar-refractivity contribution < 1.29 is 9.47 Å². The Balaban J connectivity index is 1.41. The molecule has 0 radical (unpaired) electrons. The van der Waals surface area contributed by atoms with E-state index in [0.717, 1.165) is 24.2 Å². The van der Waals surface area contributed by atoms with E-state index in [1.54, 1.807) is 26.5 Å². The molecule has 4 aromatic rings. The first kappa shape index (κ1) is 18.5. The van der Waals surface area contributed by atoms with Crippen LogP contribution in [0.2, 0.25) is 0 Å². The van der Waals surface area contributed by atoms with Gasteiger partial charge in [-0.25, -0.2) is 0 Å². The lowest BCUT2D eigenvalue weighted by atomic mass is 10.1. The standard InChI is InChI=1S/C21H22N6O2/c1-28-15-7-8-18(19(11-15)29-2)25-21-26-20(13-24-27-21)22-10-9-14-12-23-17-6-4-3-5-16(14)17/h3-8,11-13,23H,9-10H2,1-2H3,(H2,22,25,26,27). The maximum atomic E-state index is 5.39. The Labute approximate surface area is 168 Å². The minimum atomic E-state index is 0.380. The van der Waals surface area contributed by atoms with E-state index in [2.05, 4.69) is 42.9 Å². The molecule has 0 bridgehead atoms. The van der Waals surface area contributed by atoms with Crippen LogP contribution < -0.4 is 20.1 Å². The molecule has 0 atom stereocenters. The van der Waals surface area contributed by atoms with Gasteiger partial charge in [0.15, 0.2) is 5.82 Å². The molecule has 0 fully saturated rings. The van der Waals surface area contributed by atoms with Crippen LogP contribution in [-0.4, -0.2) is 40.9 Å². The number of methoxy groups -OCH3 is 2. The largest absolute Gasteiger partial charge is 0.497 e. The first-order valence-corrected chi connectivity index (χ1v) is 9.24. The number of hydrogen-bond donors (Lipinski definition) is 3. The van der Waals surface area contributed by atoms with Crippen LogP contribution in [0.1, 0.15) is 5.56 Å². The van der Waals surface area contributed by atoms with E-state index in [4.69, 9.17) is 9.47 Å². The Morgan fingerprint density at radius 3 is 2.83 bits per heavy atom. The van der Waals surface area contributed by atoms with Gasteiger partial charge >= 0.3 is 0 Å². The van der Waals surface area contributed by atoms with Gasteiger partial charge in [0.25, 0.3) is 0 Å². The molecule has 2 aromatic heterocycles. The van der Waals surface area contributed by atoms with E-state index in [0.29, 0.717) is 23.3 Å². The number of H-pyrrole nitrogens is 1. The first-order chi connectivity index (χ1) is 14.3. The number of rotatable bonds is 8. The summed E-state index contributed by atoms with van der Waals surface area (Å²) < 4.78 is 10.6. The summed E-state index contributed by atoms with van der Waals surface area (Å²) >= 11 is 0. The smallest absolute Gasteiger partial charge is 0.249 e. The third-order valence-electron chi connectivity index (χ3n) is 4.59. The van der Waals surface area contributed by atoms with E-state index in [1.165, 1.54) is 10.9 Å². The number of nitrogens with zero attached hydrogens (tertiary/aromatic N) is 3. The van der Waals surface area contributed by atoms with E-state index in [9.17, 15) is 0 Å². The van der Waals surface area contributed by atoms with Crippen LogP contribution in [0.3, 0.4) is 0 Å². The highest BCUT2D eigenvalue weighted by Crippen LogP contribution is 2.30. The van der Waals surface area contributed by atoms with Crippen molar-refractivity contribution in [3.8, 4) is 11.5 Å². The second-order valence-electron chi connectivity index (χ2n) is 6.39. The lowest BCUT2D eigenvalue weighted by Gasteiger charge is -2.12. The van der Waals surface area contributed by atoms with Gasteiger partial charge in [0.2, 0.25) is 5.95 Å². The first-order valence-electron chi connectivity index (χ1n) is 9.24. The fourth-order valence-corrected chi connectivity index (χ4v) is 3.13. The van der Waals surface area contributed by atoms with Gasteiger partial charge in [-0.2, -0.15) is 10.1 Å². The number of aromatic nitrogens is 4. The lowest BCUT2D eigenvalue weighted by Crippen LogP contribution is -2.09. The summed E-state index contributed by atoms with van der Waals surface area (Å²) in [7, 11) is 3.21. The van der Waals surface area contributed by atoms with E-state index in [-0.39, 0.29) is 0 Å². The second-order valence-corrected chi connectivity index (χ2v) is 6.39. The Hall–Kier alpha value is -3.81. The van der Waals surface area contributed by atoms with Crippen molar-refractivity contribution >= 4 is 28.4 Å². The highest BCUT2D eigenvalue weighted by molar-refractivity contribution is 5.83. The molecule has 0 amide bonds. The molecule has 8 heteroatoms. The fourth-order valence-electron chi connectivity index (χ4n) is 3.13. The van der Waals surface area contributed by atoms with Crippen LogP contribution in [0.5, 0.6) is 11.5 Å². The Bertz CT molecular complexity index is 1110. The van der Waals surface area contributed by atoms with Crippen LogP contribution in [-0.2, 0) is 6.42 Å². The van der Waals surface area contributed by atoms with Crippen LogP contribution in [0.25, 0.3) is 10.9 Å². The molecule has 2 aromatic carbocycles. The number of benzene rings is 2. The second kappa shape index (κ2) is 8.47. The maximum Gasteiger partial charge on any atom is 0.249 e. The van der Waals surface area contributed by atoms with Crippen molar-refractivity contribution in [3.05, 3.63) is 60.4 Å². The molecular weight excluding hydrogens is 368 g/mol. The molecule has 0 spiro atoms. The molecule has 2 heterocycles. The van der Waals surface area contributed by atoms with Gasteiger partial charge in [0.05, 0.1) is 26.1 Å². The van der Waals surface area contributed by atoms with E-state index >= 15 is 0 Å². The molecule has 8 nitrogen and oxygen atoms in total. The highest BCUT2D eigenvalue weighted by atomic mass is 16.5. The summed E-state index contributed by atoms with van der Waals surface area (Å²) in [6.07, 6.45) is 4.52. The van der Waals surface area contributed by atoms with Crippen molar-refractivity contribution in [2.45, 2.75) is 6.42 Å². The number of ether oxygens (including phenoxy) is 2. The molecule has 4 rings (SSSR count). The third kappa shape index (κ3) is 4.21. The SMILES string of the molecule is COc1ccc(Nc2nncc(NCCc3c[nH]c4ccccc34)n2)c(OC)c1. The van der Waals surface area contributed by atoms with Crippen LogP contribution in [0.4, 0.5) is 17.5 Å². The highest BCUT2D eigenvalue weighted by Gasteiger charge is 2.08. The molecule has 0 aliphatic carbocycles. The Kier molecular flexibility index (Phi) is 5.42. The lowest BCUT2D eigenvalue weighted by molar-refractivity contribution is 0.395. The van der Waals surface area contributed by atoms with Crippen LogP contribution in [0.15, 0.2) is 54.9 Å². The molecule has 0 unspecified atom stereocenters. The normalized spacial score (nSPS) is 10.7. The van der Waals surface area contributed by atoms with Crippen molar-refractivity contribution in [1.29, 1.82) is 0 Å². The summed E-state index contributed by atoms with van der Waals surface area (Å²) in [5.74, 6) is 2.37. The Morgan fingerprint density at radius 1 is 1.07 bits per heavy atom. The molecule has 29 heavy (non-hydrogen) atoms. The number of anilines is 3. The number of aromatic amines is 1. The van der Waals surface area contributed by atoms with E-state index in [1.807, 2.05) is 30.5 Å². The van der Waals surface area contributed by atoms with Gasteiger partial charge in [-0.3, -0.25) is 0 Å². The quantitative estimate of drug-likeness (QED) is 0.421. The molecule has 0 aliphatic rings. The van der Waals surface area contributed by atoms with Gasteiger partial charge in [0.1, 0.15) is 11.5 Å². The zero-order chi connectivity index (χ0) is 20.1. The van der Waals surface area contributed by atoms with Gasteiger partial charge in [-0.1, -0.05) is 18.2 Å². The van der Waals surface area contributed by atoms with Crippen molar-refractivity contribution in [3.63, 3.8) is 0 Å².